The number of ketones is 1. The minimum Gasteiger partial charge on any atom is -0.393 e. The summed E-state index contributed by atoms with van der Waals surface area (Å²) in [6, 6.07) is 0. The molecule has 0 aromatic carbocycles. The highest BCUT2D eigenvalue weighted by Crippen LogP contribution is 2.71. The summed E-state index contributed by atoms with van der Waals surface area (Å²) in [6.45, 7) is 1.97. The predicted octanol–water partition coefficient (Wildman–Crippen LogP) is 1.87. The van der Waals surface area contributed by atoms with Crippen LogP contribution in [0.5, 0.6) is 0 Å². The zero-order valence-corrected chi connectivity index (χ0v) is 15.6. The molecule has 0 unspecified atom stereocenters. The van der Waals surface area contributed by atoms with Crippen molar-refractivity contribution in [3.8, 4) is 0 Å². The van der Waals surface area contributed by atoms with Crippen molar-refractivity contribution in [2.75, 3.05) is 6.61 Å². The highest BCUT2D eigenvalue weighted by atomic mass is 16.6. The van der Waals surface area contributed by atoms with Gasteiger partial charge in [-0.05, 0) is 80.5 Å². The van der Waals surface area contributed by atoms with Gasteiger partial charge in [0.1, 0.15) is 6.61 Å². The molecule has 5 fully saturated rings. The van der Waals surface area contributed by atoms with Crippen molar-refractivity contribution < 1.29 is 24.9 Å². The Hall–Kier alpha value is -0.490. The lowest BCUT2D eigenvalue weighted by molar-refractivity contribution is -0.162. The van der Waals surface area contributed by atoms with Crippen molar-refractivity contribution >= 4 is 5.78 Å². The van der Waals surface area contributed by atoms with E-state index < -0.39 is 18.3 Å². The molecule has 0 aromatic heterocycles. The first kappa shape index (κ1) is 17.6. The van der Waals surface area contributed by atoms with Gasteiger partial charge in [-0.15, -0.1) is 0 Å². The summed E-state index contributed by atoms with van der Waals surface area (Å²) < 4.78 is 6.18. The molecule has 26 heavy (non-hydrogen) atoms. The van der Waals surface area contributed by atoms with Crippen LogP contribution < -0.4 is 0 Å². The summed E-state index contributed by atoms with van der Waals surface area (Å²) in [6.07, 6.45) is 6.55. The van der Waals surface area contributed by atoms with Gasteiger partial charge in [-0.2, -0.15) is 0 Å². The van der Waals surface area contributed by atoms with E-state index in [1.807, 2.05) is 0 Å². The van der Waals surface area contributed by atoms with E-state index in [1.165, 1.54) is 0 Å². The molecule has 0 aromatic rings. The number of aliphatic hydroxyl groups is 3. The smallest absolute Gasteiger partial charge is 0.162 e. The number of Topliss-reactive ketones (excluding diaryl/α,β-unsaturated/α-hetero) is 1. The number of hydrogen-bond acceptors (Lipinski definition) is 5. The van der Waals surface area contributed by atoms with Crippen molar-refractivity contribution in [1.29, 1.82) is 0 Å². The molecule has 1 saturated heterocycles. The second kappa shape index (κ2) is 5.76. The van der Waals surface area contributed by atoms with Crippen molar-refractivity contribution in [1.82, 2.24) is 0 Å². The summed E-state index contributed by atoms with van der Waals surface area (Å²) >= 11 is 0. The van der Waals surface area contributed by atoms with Crippen LogP contribution in [0.3, 0.4) is 0 Å². The summed E-state index contributed by atoms with van der Waals surface area (Å²) in [5.41, 5.74) is -0.300. The molecule has 1 spiro atoms. The molecular weight excluding hydrogens is 332 g/mol. The molecule has 5 aliphatic rings. The maximum Gasteiger partial charge on any atom is 0.162 e. The second-order valence-corrected chi connectivity index (χ2v) is 10.1. The molecule has 3 N–H and O–H groups in total. The van der Waals surface area contributed by atoms with Crippen LogP contribution in [0, 0.1) is 40.4 Å². The Morgan fingerprint density at radius 2 is 1.96 bits per heavy atom. The molecule has 0 radical (unpaired) electrons. The minimum atomic E-state index is -0.873. The molecule has 5 rings (SSSR count). The minimum absolute atomic E-state index is 0.0152. The van der Waals surface area contributed by atoms with Crippen LogP contribution in [0.4, 0.5) is 0 Å². The number of rotatable bonds is 2. The fourth-order valence-corrected chi connectivity index (χ4v) is 8.47. The van der Waals surface area contributed by atoms with Gasteiger partial charge in [0.2, 0.25) is 0 Å². The highest BCUT2D eigenvalue weighted by Gasteiger charge is 2.71. The van der Waals surface area contributed by atoms with Crippen molar-refractivity contribution in [3.05, 3.63) is 0 Å². The van der Waals surface area contributed by atoms with Crippen LogP contribution in [0.25, 0.3) is 0 Å². The molecule has 0 amide bonds. The molecule has 4 saturated carbocycles. The Morgan fingerprint density at radius 1 is 1.15 bits per heavy atom. The van der Waals surface area contributed by atoms with Crippen LogP contribution >= 0.6 is 0 Å². The van der Waals surface area contributed by atoms with Crippen molar-refractivity contribution in [3.63, 3.8) is 0 Å². The van der Waals surface area contributed by atoms with E-state index in [9.17, 15) is 20.1 Å². The molecule has 146 valence electrons. The molecule has 4 aliphatic carbocycles. The van der Waals surface area contributed by atoms with E-state index in [0.29, 0.717) is 23.7 Å². The number of hydrogen-bond donors (Lipinski definition) is 3. The lowest BCUT2D eigenvalue weighted by Gasteiger charge is -2.60. The standard InChI is InChI=1S/C21H32O5/c1-20-7-6-12(23)8-11(20)2-3-13-14-4-5-15(16(24)10-22)21(14)9-17(18(13)20)26-19(21)25/h11-15,17-19,22-23,25H,2-10H2,1H3/t11-,12+,13+,14-,15-,17-,18+,19-,20+,21+/m1/s1. The molecule has 5 nitrogen and oxygen atoms in total. The molecule has 10 atom stereocenters. The van der Waals surface area contributed by atoms with Crippen LogP contribution in [-0.2, 0) is 9.53 Å². The SMILES string of the molecule is C[C@]12CC[C@H](O)C[C@H]1CC[C@@H]1[C@H]2[C@H]2C[C@@]3([C@H](O)O2)[C@@H](C(=O)CO)CC[C@H]13. The quantitative estimate of drug-likeness (QED) is 0.696. The van der Waals surface area contributed by atoms with Gasteiger partial charge in [-0.25, -0.2) is 0 Å². The highest BCUT2D eigenvalue weighted by molar-refractivity contribution is 5.83. The first-order valence-corrected chi connectivity index (χ1v) is 10.6. The average Bonchev–Trinajstić information content (AvgIpc) is 3.14. The van der Waals surface area contributed by atoms with E-state index in [2.05, 4.69) is 6.92 Å². The lowest BCUT2D eigenvalue weighted by Crippen LogP contribution is -2.58. The van der Waals surface area contributed by atoms with E-state index >= 15 is 0 Å². The third-order valence-electron chi connectivity index (χ3n) is 9.46. The Kier molecular flexibility index (Phi) is 3.90. The maximum atomic E-state index is 12.4. The third-order valence-corrected chi connectivity index (χ3v) is 9.46. The third kappa shape index (κ3) is 2.04. The van der Waals surface area contributed by atoms with E-state index in [1.54, 1.807) is 0 Å². The van der Waals surface area contributed by atoms with Gasteiger partial charge in [-0.3, -0.25) is 4.79 Å². The van der Waals surface area contributed by atoms with Crippen LogP contribution in [0.1, 0.15) is 58.3 Å². The number of aliphatic hydroxyl groups excluding tert-OH is 3. The predicted molar refractivity (Wildman–Crippen MR) is 93.9 cm³/mol. The Balaban J connectivity index is 1.53. The first-order chi connectivity index (χ1) is 12.4. The van der Waals surface area contributed by atoms with Gasteiger partial charge in [0.05, 0.1) is 12.2 Å². The van der Waals surface area contributed by atoms with Crippen LogP contribution in [0.15, 0.2) is 0 Å². The Labute approximate surface area is 155 Å². The lowest BCUT2D eigenvalue weighted by atomic mass is 9.44. The monoisotopic (exact) mass is 364 g/mol. The van der Waals surface area contributed by atoms with Crippen molar-refractivity contribution in [2.24, 2.45) is 40.4 Å². The average molecular weight is 364 g/mol. The summed E-state index contributed by atoms with van der Waals surface area (Å²) in [5.74, 6) is 1.42. The molecule has 5 heteroatoms. The van der Waals surface area contributed by atoms with Gasteiger partial charge < -0.3 is 20.1 Å². The Morgan fingerprint density at radius 3 is 2.73 bits per heavy atom. The Bertz CT molecular complexity index is 607. The summed E-state index contributed by atoms with van der Waals surface area (Å²) in [7, 11) is 0. The van der Waals surface area contributed by atoms with Gasteiger partial charge in [0, 0.05) is 11.3 Å². The normalized spacial score (nSPS) is 58.0. The van der Waals surface area contributed by atoms with Crippen molar-refractivity contribution in [2.45, 2.75) is 76.8 Å². The number of ether oxygens (including phenoxy) is 1. The second-order valence-electron chi connectivity index (χ2n) is 10.1. The maximum absolute atomic E-state index is 12.4. The zero-order valence-electron chi connectivity index (χ0n) is 15.6. The first-order valence-electron chi connectivity index (χ1n) is 10.6. The number of carbonyl (C=O) groups excluding carboxylic acids is 1. The van der Waals surface area contributed by atoms with Gasteiger partial charge >= 0.3 is 0 Å². The van der Waals surface area contributed by atoms with Crippen LogP contribution in [0.2, 0.25) is 0 Å². The largest absolute Gasteiger partial charge is 0.393 e. The van der Waals surface area contributed by atoms with E-state index in [4.69, 9.17) is 4.74 Å². The summed E-state index contributed by atoms with van der Waals surface area (Å²) in [5, 5.41) is 30.6. The van der Waals surface area contributed by atoms with Gasteiger partial charge in [0.15, 0.2) is 12.1 Å². The van der Waals surface area contributed by atoms with Gasteiger partial charge in [0.25, 0.3) is 0 Å². The van der Waals surface area contributed by atoms with E-state index in [-0.39, 0.29) is 29.3 Å². The topological polar surface area (TPSA) is 87.0 Å². The van der Waals surface area contributed by atoms with Gasteiger partial charge in [-0.1, -0.05) is 6.92 Å². The summed E-state index contributed by atoms with van der Waals surface area (Å²) in [4.78, 5) is 12.4. The fraction of sp³-hybridized carbons (Fsp3) is 0.952. The fourth-order valence-electron chi connectivity index (χ4n) is 8.47. The van der Waals surface area contributed by atoms with E-state index in [0.717, 1.165) is 51.4 Å². The molecule has 1 heterocycles. The number of carbonyl (C=O) groups is 1. The zero-order chi connectivity index (χ0) is 18.3. The molecule has 2 bridgehead atoms. The molecular formula is C21H32O5. The van der Waals surface area contributed by atoms with Crippen LogP contribution in [-0.4, -0.2) is 46.2 Å². The molecule has 1 aliphatic heterocycles. The number of fused-ring (bicyclic) bond motifs is 6.